The summed E-state index contributed by atoms with van der Waals surface area (Å²) < 4.78 is 34.6. The average Bonchev–Trinajstić information content (AvgIpc) is 3.65. The van der Waals surface area contributed by atoms with Gasteiger partial charge in [0.15, 0.2) is 0 Å². The normalized spacial score (nSPS) is 14.6. The first-order valence-corrected chi connectivity index (χ1v) is 14.2. The first-order chi connectivity index (χ1) is 20.8. The molecule has 1 saturated heterocycles. The summed E-state index contributed by atoms with van der Waals surface area (Å²) in [5.74, 6) is -0.572. The Hall–Kier alpha value is -3.87. The second-order valence-corrected chi connectivity index (χ2v) is 10.1. The average molecular weight is 622 g/mol. The Bertz CT molecular complexity index is 1210. The summed E-state index contributed by atoms with van der Waals surface area (Å²) in [7, 11) is 4.13. The van der Waals surface area contributed by atoms with Crippen molar-refractivity contribution >= 4 is 36.2 Å². The number of aldehydes is 2. The number of likely N-dealkylation sites (tertiary alicyclic amines) is 1. The minimum absolute atomic E-state index is 0.138. The van der Waals surface area contributed by atoms with E-state index < -0.39 is 12.7 Å². The fourth-order valence-electron chi connectivity index (χ4n) is 3.93. The van der Waals surface area contributed by atoms with Gasteiger partial charge in [-0.15, -0.1) is 11.3 Å². The zero-order chi connectivity index (χ0) is 32.6. The molecule has 43 heavy (non-hydrogen) atoms. The van der Waals surface area contributed by atoms with Crippen LogP contribution in [0.4, 0.5) is 13.2 Å². The number of amides is 1. The van der Waals surface area contributed by atoms with E-state index in [0.717, 1.165) is 36.6 Å². The van der Waals surface area contributed by atoms with E-state index in [0.29, 0.717) is 25.7 Å². The molecule has 0 spiro atoms. The SMILES string of the molecule is CF.CNCC(=O)N1CC(CF)CC1C=O.CNCc1cc(C)cs1.N=CN.O=Cc1cccc(-c2ccc(F)cc2)c1. The van der Waals surface area contributed by atoms with Crippen LogP contribution < -0.4 is 16.4 Å². The summed E-state index contributed by atoms with van der Waals surface area (Å²) in [6.45, 7) is 3.21. The van der Waals surface area contributed by atoms with Crippen LogP contribution in [0, 0.1) is 24.1 Å². The van der Waals surface area contributed by atoms with Crippen molar-refractivity contribution in [3.8, 4) is 11.1 Å². The van der Waals surface area contributed by atoms with Gasteiger partial charge in [0.05, 0.1) is 32.8 Å². The first kappa shape index (κ1) is 39.1. The Morgan fingerprint density at radius 3 is 2.23 bits per heavy atom. The molecule has 0 aliphatic carbocycles. The summed E-state index contributed by atoms with van der Waals surface area (Å²) in [4.78, 5) is 35.6. The number of alkyl halides is 2. The van der Waals surface area contributed by atoms with Gasteiger partial charge in [-0.25, -0.2) is 4.39 Å². The lowest BCUT2D eigenvalue weighted by atomic mass is 10.0. The Labute approximate surface area is 256 Å². The van der Waals surface area contributed by atoms with Crippen LogP contribution in [-0.4, -0.2) is 76.8 Å². The quantitative estimate of drug-likeness (QED) is 0.162. The number of nitrogens with two attached hydrogens (primary N) is 1. The predicted octanol–water partition coefficient (Wildman–Crippen LogP) is 4.81. The van der Waals surface area contributed by atoms with Crippen LogP contribution in [-0.2, 0) is 16.1 Å². The number of halogens is 3. The Balaban J connectivity index is 0.000000585. The molecule has 1 aliphatic rings. The van der Waals surface area contributed by atoms with Crippen molar-refractivity contribution in [1.82, 2.24) is 15.5 Å². The van der Waals surface area contributed by atoms with E-state index in [1.54, 1.807) is 31.3 Å². The van der Waals surface area contributed by atoms with Gasteiger partial charge in [0, 0.05) is 29.4 Å². The third-order valence-electron chi connectivity index (χ3n) is 5.79. The predicted molar refractivity (Wildman–Crippen MR) is 169 cm³/mol. The van der Waals surface area contributed by atoms with Gasteiger partial charge in [-0.1, -0.05) is 30.3 Å². The third kappa shape index (κ3) is 15.3. The van der Waals surface area contributed by atoms with Gasteiger partial charge in [0.2, 0.25) is 5.91 Å². The van der Waals surface area contributed by atoms with E-state index in [1.807, 2.05) is 30.5 Å². The molecular formula is C31H42F3N5O3S. The molecular weight excluding hydrogens is 579 g/mol. The van der Waals surface area contributed by atoms with Gasteiger partial charge in [-0.3, -0.25) is 23.8 Å². The van der Waals surface area contributed by atoms with Crippen molar-refractivity contribution in [2.75, 3.05) is 41.0 Å². The molecule has 236 valence electrons. The highest BCUT2D eigenvalue weighted by Crippen LogP contribution is 2.22. The summed E-state index contributed by atoms with van der Waals surface area (Å²) in [6.07, 6.45) is 2.73. The number of carbonyl (C=O) groups excluding carboxylic acids is 3. The van der Waals surface area contributed by atoms with Crippen LogP contribution >= 0.6 is 11.3 Å². The van der Waals surface area contributed by atoms with Crippen LogP contribution in [0.25, 0.3) is 11.1 Å². The number of thiophene rings is 1. The van der Waals surface area contributed by atoms with E-state index >= 15 is 0 Å². The topological polar surface area (TPSA) is 128 Å². The molecule has 2 heterocycles. The summed E-state index contributed by atoms with van der Waals surface area (Å²) >= 11 is 1.81. The van der Waals surface area contributed by atoms with E-state index in [2.05, 4.69) is 34.7 Å². The van der Waals surface area contributed by atoms with Crippen LogP contribution in [0.2, 0.25) is 0 Å². The molecule has 2 unspecified atom stereocenters. The van der Waals surface area contributed by atoms with E-state index in [1.165, 1.54) is 27.5 Å². The maximum atomic E-state index is 12.7. The Kier molecular flexibility index (Phi) is 21.5. The second-order valence-electron chi connectivity index (χ2n) is 9.07. The van der Waals surface area contributed by atoms with Crippen molar-refractivity contribution in [3.63, 3.8) is 0 Å². The lowest BCUT2D eigenvalue weighted by molar-refractivity contribution is -0.133. The molecule has 0 radical (unpaired) electrons. The fourth-order valence-corrected chi connectivity index (χ4v) is 4.82. The van der Waals surface area contributed by atoms with Crippen LogP contribution in [0.5, 0.6) is 0 Å². The van der Waals surface area contributed by atoms with Crippen molar-refractivity contribution in [1.29, 1.82) is 5.41 Å². The fraction of sp³-hybridized carbons (Fsp3) is 0.355. The zero-order valence-electron chi connectivity index (χ0n) is 25.0. The molecule has 0 saturated carbocycles. The van der Waals surface area contributed by atoms with Gasteiger partial charge >= 0.3 is 0 Å². The number of benzene rings is 2. The smallest absolute Gasteiger partial charge is 0.237 e. The van der Waals surface area contributed by atoms with Gasteiger partial charge < -0.3 is 26.1 Å². The first-order valence-electron chi connectivity index (χ1n) is 13.3. The number of nitrogens with one attached hydrogen (secondary N) is 3. The monoisotopic (exact) mass is 621 g/mol. The largest absolute Gasteiger partial charge is 0.390 e. The van der Waals surface area contributed by atoms with Crippen LogP contribution in [0.15, 0.2) is 60.0 Å². The number of likely N-dealkylation sites (N-methyl/N-ethyl adjacent to an activating group) is 1. The highest BCUT2D eigenvalue weighted by Gasteiger charge is 2.34. The lowest BCUT2D eigenvalue weighted by Gasteiger charge is -2.20. The van der Waals surface area contributed by atoms with E-state index in [9.17, 15) is 27.6 Å². The highest BCUT2D eigenvalue weighted by molar-refractivity contribution is 7.10. The van der Waals surface area contributed by atoms with Crippen molar-refractivity contribution < 1.29 is 27.6 Å². The highest BCUT2D eigenvalue weighted by atomic mass is 32.1. The number of nitrogens with zero attached hydrogens (tertiary/aromatic N) is 1. The molecule has 1 aromatic heterocycles. The Morgan fingerprint density at radius 2 is 1.74 bits per heavy atom. The van der Waals surface area contributed by atoms with Gasteiger partial charge in [-0.05, 0) is 73.8 Å². The molecule has 0 bridgehead atoms. The molecule has 2 aromatic carbocycles. The molecule has 1 amide bonds. The maximum Gasteiger partial charge on any atom is 0.237 e. The van der Waals surface area contributed by atoms with E-state index in [4.69, 9.17) is 5.41 Å². The summed E-state index contributed by atoms with van der Waals surface area (Å²) in [5, 5.41) is 13.9. The molecule has 3 aromatic rings. The van der Waals surface area contributed by atoms with E-state index in [-0.39, 0.29) is 24.2 Å². The number of aryl methyl sites for hydroxylation is 1. The van der Waals surface area contributed by atoms with Crippen LogP contribution in [0.3, 0.4) is 0 Å². The summed E-state index contributed by atoms with van der Waals surface area (Å²) in [6, 6.07) is 15.2. The van der Waals surface area contributed by atoms with Crippen molar-refractivity contribution in [2.45, 2.75) is 25.9 Å². The minimum atomic E-state index is -0.465. The molecule has 2 atom stereocenters. The number of carbonyl (C=O) groups is 3. The second kappa shape index (κ2) is 23.7. The lowest BCUT2D eigenvalue weighted by Crippen LogP contribution is -2.41. The molecule has 5 N–H and O–H groups in total. The molecule has 8 nitrogen and oxygen atoms in total. The molecule has 4 rings (SSSR count). The molecule has 1 fully saturated rings. The zero-order valence-corrected chi connectivity index (χ0v) is 25.8. The summed E-state index contributed by atoms with van der Waals surface area (Å²) in [5.41, 5.74) is 8.20. The van der Waals surface area contributed by atoms with Crippen molar-refractivity contribution in [2.24, 2.45) is 11.7 Å². The van der Waals surface area contributed by atoms with Gasteiger partial charge in [0.25, 0.3) is 0 Å². The third-order valence-corrected chi connectivity index (χ3v) is 6.84. The molecule has 1 aliphatic heterocycles. The number of hydrogen-bond acceptors (Lipinski definition) is 7. The maximum absolute atomic E-state index is 12.7. The molecule has 12 heteroatoms. The number of hydrogen-bond donors (Lipinski definition) is 4. The van der Waals surface area contributed by atoms with Crippen molar-refractivity contribution in [3.05, 3.63) is 81.8 Å². The van der Waals surface area contributed by atoms with Gasteiger partial charge in [0.1, 0.15) is 18.4 Å². The number of rotatable bonds is 8. The standard InChI is InChI=1S/C13H9FO.C9H15FN2O2.C7H11NS.CH3F.CH4N2/c14-13-6-4-11(5-7-13)12-3-1-2-10(8-12)9-15;1-11-4-9(14)12-5-7(3-10)2-8(12)6-13;1-6-3-7(4-8-2)9-5-6;1-2;2-1-3/h1-9H;6-8,11H,2-5H2,1H3;3,5,8H,4H2,1-2H3;1H3;1H,(H3,2,3). The minimum Gasteiger partial charge on any atom is -0.390 e. The van der Waals surface area contributed by atoms with Gasteiger partial charge in [-0.2, -0.15) is 0 Å². The van der Waals surface area contributed by atoms with Crippen LogP contribution in [0.1, 0.15) is 27.2 Å². The Morgan fingerprint density at radius 1 is 1.09 bits per heavy atom.